The molecule has 0 spiro atoms. The summed E-state index contributed by atoms with van der Waals surface area (Å²) in [5, 5.41) is 4.18. The number of pyridine rings is 1. The van der Waals surface area contributed by atoms with Crippen LogP contribution in [0.2, 0.25) is 0 Å². The average Bonchev–Trinajstić information content (AvgIpc) is 3.26. The summed E-state index contributed by atoms with van der Waals surface area (Å²) in [4.78, 5) is 48.9. The molecule has 3 rings (SSSR count). The quantitative estimate of drug-likeness (QED) is 0.248. The molecule has 0 fully saturated rings. The molecule has 0 amide bonds. The maximum Gasteiger partial charge on any atom is 0.471 e. The van der Waals surface area contributed by atoms with Crippen LogP contribution in [0.25, 0.3) is 16.7 Å². The number of hydrogen-bond donors (Lipinski definition) is 2. The smallest absolute Gasteiger partial charge is 0.471 e. The number of phosphoric acid groups is 1. The van der Waals surface area contributed by atoms with Gasteiger partial charge in [-0.1, -0.05) is 0 Å². The second-order valence-corrected chi connectivity index (χ2v) is 6.20. The van der Waals surface area contributed by atoms with Gasteiger partial charge in [-0.25, -0.2) is 19.2 Å². The number of carbonyl (C=O) groups is 2. The van der Waals surface area contributed by atoms with E-state index in [4.69, 9.17) is 14.5 Å². The first kappa shape index (κ1) is 17.9. The Morgan fingerprint density at radius 2 is 2.19 bits per heavy atom. The molecule has 2 N–H and O–H groups in total. The number of phosphoric ester groups is 1. The maximum atomic E-state index is 12.0. The van der Waals surface area contributed by atoms with Crippen LogP contribution in [-0.2, 0) is 20.6 Å². The molecule has 0 aliphatic carbocycles. The van der Waals surface area contributed by atoms with Crippen LogP contribution in [0, 0.1) is 0 Å². The summed E-state index contributed by atoms with van der Waals surface area (Å²) in [6.45, 7) is -0.608. The van der Waals surface area contributed by atoms with E-state index < -0.39 is 20.3 Å². The van der Waals surface area contributed by atoms with Crippen LogP contribution in [0.5, 0.6) is 5.75 Å². The molecule has 0 aliphatic heterocycles. The van der Waals surface area contributed by atoms with Crippen LogP contribution in [0.4, 0.5) is 0 Å². The van der Waals surface area contributed by atoms with Gasteiger partial charge in [0.1, 0.15) is 30.7 Å². The minimum atomic E-state index is -4.79. The Balaban J connectivity index is 2.32. The van der Waals surface area contributed by atoms with Crippen molar-refractivity contribution in [3.63, 3.8) is 0 Å². The molecule has 3 aromatic heterocycles. The normalized spacial score (nSPS) is 11.7. The van der Waals surface area contributed by atoms with Crippen molar-refractivity contribution in [3.05, 3.63) is 30.6 Å². The lowest BCUT2D eigenvalue weighted by atomic mass is 10.1. The number of nitrogens with zero attached hydrogens (tertiary/aromatic N) is 5. The number of aldehydes is 1. The molecule has 0 bridgehead atoms. The predicted molar refractivity (Wildman–Crippen MR) is 84.7 cm³/mol. The van der Waals surface area contributed by atoms with E-state index in [9.17, 15) is 14.2 Å². The SMILES string of the molecule is COc1cnc(-n2cncn2)c2c1c(C(=O)C=O)cn2COP(=O)(O)O. The van der Waals surface area contributed by atoms with Gasteiger partial charge in [-0.2, -0.15) is 5.10 Å². The minimum absolute atomic E-state index is 0.0371. The van der Waals surface area contributed by atoms with Crippen LogP contribution in [0.3, 0.4) is 0 Å². The molecule has 0 aromatic carbocycles. The summed E-state index contributed by atoms with van der Waals surface area (Å²) in [7, 11) is -3.43. The maximum absolute atomic E-state index is 12.0. The molecule has 13 heteroatoms. The van der Waals surface area contributed by atoms with Gasteiger partial charge in [-0.05, 0) is 0 Å². The summed E-state index contributed by atoms with van der Waals surface area (Å²) in [6, 6.07) is 0. The minimum Gasteiger partial charge on any atom is -0.494 e. The number of aromatic nitrogens is 5. The van der Waals surface area contributed by atoms with Gasteiger partial charge in [-0.15, -0.1) is 0 Å². The van der Waals surface area contributed by atoms with Crippen molar-refractivity contribution >= 4 is 30.8 Å². The number of hydrogen-bond acceptors (Lipinski definition) is 8. The van der Waals surface area contributed by atoms with E-state index in [1.165, 1.54) is 41.4 Å². The van der Waals surface area contributed by atoms with Crippen molar-refractivity contribution in [3.8, 4) is 11.6 Å². The Morgan fingerprint density at radius 1 is 1.42 bits per heavy atom. The molecule has 0 aliphatic rings. The molecule has 0 radical (unpaired) electrons. The summed E-state index contributed by atoms with van der Waals surface area (Å²) in [6.07, 6.45) is 5.28. The van der Waals surface area contributed by atoms with E-state index in [1.54, 1.807) is 0 Å². The molecule has 3 heterocycles. The molecule has 0 saturated carbocycles. The summed E-state index contributed by atoms with van der Waals surface area (Å²) < 4.78 is 23.3. The van der Waals surface area contributed by atoms with Crippen LogP contribution >= 0.6 is 7.82 Å². The highest BCUT2D eigenvalue weighted by Gasteiger charge is 2.24. The first-order chi connectivity index (χ1) is 12.4. The van der Waals surface area contributed by atoms with E-state index in [0.717, 1.165) is 0 Å². The number of rotatable bonds is 7. The second kappa shape index (κ2) is 6.77. The number of ketones is 1. The van der Waals surface area contributed by atoms with Crippen molar-refractivity contribution < 1.29 is 33.2 Å². The molecule has 12 nitrogen and oxygen atoms in total. The third-order valence-corrected chi connectivity index (χ3v) is 3.89. The largest absolute Gasteiger partial charge is 0.494 e. The number of methoxy groups -OCH3 is 1. The summed E-state index contributed by atoms with van der Waals surface area (Å²) in [5.41, 5.74) is 0.179. The Hall–Kier alpha value is -2.92. The molecule has 0 saturated heterocycles. The summed E-state index contributed by atoms with van der Waals surface area (Å²) in [5.74, 6) is -0.472. The third kappa shape index (κ3) is 3.26. The van der Waals surface area contributed by atoms with E-state index >= 15 is 0 Å². The Labute approximate surface area is 145 Å². The predicted octanol–water partition coefficient (Wildman–Crippen LogP) is 0.0740. The summed E-state index contributed by atoms with van der Waals surface area (Å²) >= 11 is 0. The number of carbonyl (C=O) groups excluding carboxylic acids is 2. The van der Waals surface area contributed by atoms with E-state index in [0.29, 0.717) is 0 Å². The molecule has 136 valence electrons. The number of ether oxygens (including phenoxy) is 1. The Morgan fingerprint density at radius 3 is 2.77 bits per heavy atom. The van der Waals surface area contributed by atoms with Gasteiger partial charge in [0.2, 0.25) is 5.78 Å². The highest BCUT2D eigenvalue weighted by Crippen LogP contribution is 2.38. The van der Waals surface area contributed by atoms with Gasteiger partial charge < -0.3 is 19.1 Å². The van der Waals surface area contributed by atoms with E-state index in [-0.39, 0.29) is 34.3 Å². The highest BCUT2D eigenvalue weighted by molar-refractivity contribution is 7.46. The van der Waals surface area contributed by atoms with E-state index in [2.05, 4.69) is 19.6 Å². The van der Waals surface area contributed by atoms with Gasteiger partial charge in [-0.3, -0.25) is 14.1 Å². The molecule has 0 atom stereocenters. The van der Waals surface area contributed by atoms with Crippen LogP contribution < -0.4 is 4.74 Å². The topological polar surface area (TPSA) is 159 Å². The third-order valence-electron chi connectivity index (χ3n) is 3.43. The van der Waals surface area contributed by atoms with Crippen molar-refractivity contribution in [2.45, 2.75) is 6.73 Å². The highest BCUT2D eigenvalue weighted by atomic mass is 31.2. The lowest BCUT2D eigenvalue weighted by Crippen LogP contribution is -2.06. The van der Waals surface area contributed by atoms with Gasteiger partial charge in [0.15, 0.2) is 12.1 Å². The van der Waals surface area contributed by atoms with E-state index in [1.807, 2.05) is 0 Å². The number of Topliss-reactive ketones (excluding diaryl/α,β-unsaturated/α-hetero) is 1. The first-order valence-corrected chi connectivity index (χ1v) is 8.49. The van der Waals surface area contributed by atoms with Gasteiger partial charge in [0.25, 0.3) is 0 Å². The fourth-order valence-electron chi connectivity index (χ4n) is 2.42. The van der Waals surface area contributed by atoms with Crippen molar-refractivity contribution in [2.24, 2.45) is 0 Å². The van der Waals surface area contributed by atoms with Gasteiger partial charge in [0, 0.05) is 6.20 Å². The Bertz CT molecular complexity index is 1020. The van der Waals surface area contributed by atoms with Crippen LogP contribution in [0.15, 0.2) is 25.0 Å². The fraction of sp³-hybridized carbons (Fsp3) is 0.154. The fourth-order valence-corrected chi connectivity index (χ4v) is 2.70. The molecule has 3 aromatic rings. The zero-order valence-corrected chi connectivity index (χ0v) is 14.1. The van der Waals surface area contributed by atoms with Crippen molar-refractivity contribution in [1.29, 1.82) is 0 Å². The monoisotopic (exact) mass is 381 g/mol. The van der Waals surface area contributed by atoms with Crippen molar-refractivity contribution in [1.82, 2.24) is 24.3 Å². The molecular weight excluding hydrogens is 369 g/mol. The second-order valence-electron chi connectivity index (χ2n) is 4.96. The lowest BCUT2D eigenvalue weighted by molar-refractivity contribution is -0.104. The zero-order valence-electron chi connectivity index (χ0n) is 13.2. The number of fused-ring (bicyclic) bond motifs is 1. The Kier molecular flexibility index (Phi) is 4.66. The molecular formula is C13H12N5O7P. The average molecular weight is 381 g/mol. The van der Waals surface area contributed by atoms with Gasteiger partial charge in [0.05, 0.1) is 24.3 Å². The molecule has 0 unspecified atom stereocenters. The van der Waals surface area contributed by atoms with Gasteiger partial charge >= 0.3 is 7.82 Å². The molecule has 26 heavy (non-hydrogen) atoms. The zero-order chi connectivity index (χ0) is 18.9. The van der Waals surface area contributed by atoms with Crippen molar-refractivity contribution in [2.75, 3.05) is 7.11 Å². The standard InChI is InChI=1S/C13H12N5O7P/c1-24-10-2-15-13(18-6-14-5-16-18)12-11(10)8(9(20)4-19)3-17(12)7-25-26(21,22)23/h2-6H,7H2,1H3,(H2,21,22,23). The van der Waals surface area contributed by atoms with Crippen LogP contribution in [-0.4, -0.2) is 53.3 Å². The lowest BCUT2D eigenvalue weighted by Gasteiger charge is -2.11. The van der Waals surface area contributed by atoms with Crippen LogP contribution in [0.1, 0.15) is 10.4 Å². The first-order valence-electron chi connectivity index (χ1n) is 6.96.